The Labute approximate surface area is 142 Å². The van der Waals surface area contributed by atoms with Gasteiger partial charge in [0.25, 0.3) is 0 Å². The van der Waals surface area contributed by atoms with E-state index in [1.165, 1.54) is 0 Å². The average molecular weight is 317 g/mol. The first kappa shape index (κ1) is 15.9. The van der Waals surface area contributed by atoms with Gasteiger partial charge in [-0.1, -0.05) is 42.5 Å². The smallest absolute Gasteiger partial charge is 0.122 e. The number of methoxy groups -OCH3 is 2. The molecule has 3 aromatic rings. The quantitative estimate of drug-likeness (QED) is 0.684. The van der Waals surface area contributed by atoms with Crippen LogP contribution in [0.5, 0.6) is 11.5 Å². The van der Waals surface area contributed by atoms with Crippen molar-refractivity contribution in [3.05, 3.63) is 71.8 Å². The van der Waals surface area contributed by atoms with Crippen molar-refractivity contribution >= 4 is 10.8 Å². The van der Waals surface area contributed by atoms with Gasteiger partial charge in [0.1, 0.15) is 11.5 Å². The van der Waals surface area contributed by atoms with Crippen LogP contribution in [0.3, 0.4) is 0 Å². The minimum absolute atomic E-state index is 0.253. The van der Waals surface area contributed by atoms with Crippen molar-refractivity contribution in [1.29, 1.82) is 5.26 Å². The summed E-state index contributed by atoms with van der Waals surface area (Å²) in [5.41, 5.74) is 2.01. The fourth-order valence-electron chi connectivity index (χ4n) is 3.04. The lowest BCUT2D eigenvalue weighted by molar-refractivity contribution is 0.398. The van der Waals surface area contributed by atoms with Crippen LogP contribution in [0.1, 0.15) is 17.0 Å². The highest BCUT2D eigenvalue weighted by atomic mass is 16.5. The zero-order chi connectivity index (χ0) is 16.9. The van der Waals surface area contributed by atoms with E-state index in [1.807, 2.05) is 42.5 Å². The minimum atomic E-state index is -0.253. The van der Waals surface area contributed by atoms with Gasteiger partial charge in [0.15, 0.2) is 0 Å². The Hall–Kier alpha value is -2.99. The molecule has 3 heteroatoms. The summed E-state index contributed by atoms with van der Waals surface area (Å²) in [7, 11) is 3.28. The molecule has 0 aliphatic rings. The van der Waals surface area contributed by atoms with Crippen LogP contribution in [-0.4, -0.2) is 14.2 Å². The third-order valence-electron chi connectivity index (χ3n) is 4.27. The monoisotopic (exact) mass is 317 g/mol. The molecule has 120 valence electrons. The van der Waals surface area contributed by atoms with E-state index >= 15 is 0 Å². The van der Waals surface area contributed by atoms with Crippen LogP contribution in [-0.2, 0) is 6.42 Å². The number of ether oxygens (including phenoxy) is 2. The van der Waals surface area contributed by atoms with E-state index in [1.54, 1.807) is 14.2 Å². The molecule has 1 unspecified atom stereocenters. The summed E-state index contributed by atoms with van der Waals surface area (Å²) >= 11 is 0. The van der Waals surface area contributed by atoms with Gasteiger partial charge >= 0.3 is 0 Å². The predicted octanol–water partition coefficient (Wildman–Crippen LogP) is 4.71. The molecule has 3 rings (SSSR count). The zero-order valence-electron chi connectivity index (χ0n) is 13.8. The topological polar surface area (TPSA) is 42.2 Å². The second kappa shape index (κ2) is 7.06. The molecule has 1 atom stereocenters. The third-order valence-corrected chi connectivity index (χ3v) is 4.27. The van der Waals surface area contributed by atoms with E-state index in [9.17, 15) is 5.26 Å². The summed E-state index contributed by atoms with van der Waals surface area (Å²) in [6, 6.07) is 22.4. The molecule has 0 bridgehead atoms. The zero-order valence-corrected chi connectivity index (χ0v) is 13.8. The second-order valence-corrected chi connectivity index (χ2v) is 5.63. The fourth-order valence-corrected chi connectivity index (χ4v) is 3.04. The lowest BCUT2D eigenvalue weighted by Gasteiger charge is -2.15. The molecule has 0 heterocycles. The van der Waals surface area contributed by atoms with E-state index in [0.717, 1.165) is 33.4 Å². The highest BCUT2D eigenvalue weighted by Crippen LogP contribution is 2.32. The number of hydrogen-bond acceptors (Lipinski definition) is 3. The number of nitriles is 1. The van der Waals surface area contributed by atoms with Crippen molar-refractivity contribution in [2.75, 3.05) is 14.2 Å². The largest absolute Gasteiger partial charge is 0.497 e. The van der Waals surface area contributed by atoms with E-state index in [-0.39, 0.29) is 5.92 Å². The van der Waals surface area contributed by atoms with Gasteiger partial charge in [-0.05, 0) is 46.5 Å². The normalized spacial score (nSPS) is 11.7. The van der Waals surface area contributed by atoms with Crippen molar-refractivity contribution in [3.8, 4) is 17.6 Å². The predicted molar refractivity (Wildman–Crippen MR) is 95.6 cm³/mol. The van der Waals surface area contributed by atoms with Gasteiger partial charge in [-0.15, -0.1) is 0 Å². The summed E-state index contributed by atoms with van der Waals surface area (Å²) in [4.78, 5) is 0. The van der Waals surface area contributed by atoms with Crippen molar-refractivity contribution in [1.82, 2.24) is 0 Å². The maximum atomic E-state index is 9.77. The molecule has 3 aromatic carbocycles. The maximum Gasteiger partial charge on any atom is 0.122 e. The van der Waals surface area contributed by atoms with E-state index in [2.05, 4.69) is 24.3 Å². The van der Waals surface area contributed by atoms with Crippen LogP contribution in [0.25, 0.3) is 10.8 Å². The Bertz CT molecular complexity index is 890. The number of nitrogens with zero attached hydrogens (tertiary/aromatic N) is 1. The highest BCUT2D eigenvalue weighted by molar-refractivity contribution is 5.86. The van der Waals surface area contributed by atoms with Gasteiger partial charge in [0.2, 0.25) is 0 Å². The van der Waals surface area contributed by atoms with Gasteiger partial charge in [0, 0.05) is 0 Å². The van der Waals surface area contributed by atoms with Gasteiger partial charge < -0.3 is 9.47 Å². The van der Waals surface area contributed by atoms with Gasteiger partial charge in [-0.2, -0.15) is 5.26 Å². The van der Waals surface area contributed by atoms with Crippen LogP contribution in [0.4, 0.5) is 0 Å². The number of fused-ring (bicyclic) bond motifs is 1. The van der Waals surface area contributed by atoms with Gasteiger partial charge in [-0.25, -0.2) is 0 Å². The molecule has 0 saturated heterocycles. The molecular formula is C21H19NO2. The average Bonchev–Trinajstić information content (AvgIpc) is 2.65. The molecule has 0 spiro atoms. The molecule has 0 N–H and O–H groups in total. The molecule has 0 aliphatic carbocycles. The van der Waals surface area contributed by atoms with E-state index in [0.29, 0.717) is 6.42 Å². The van der Waals surface area contributed by atoms with Crippen molar-refractivity contribution in [2.45, 2.75) is 12.3 Å². The molecule has 0 amide bonds. The molecule has 3 nitrogen and oxygen atoms in total. The fraction of sp³-hybridized carbons (Fsp3) is 0.190. The lowest BCUT2D eigenvalue weighted by atomic mass is 9.89. The Morgan fingerprint density at radius 3 is 2.50 bits per heavy atom. The SMILES string of the molecule is COc1ccc(OC)c(CC(C#N)c2cccc3ccccc23)c1. The summed E-state index contributed by atoms with van der Waals surface area (Å²) in [5, 5.41) is 12.0. The number of benzene rings is 3. The van der Waals surface area contributed by atoms with Crippen LogP contribution < -0.4 is 9.47 Å². The Morgan fingerprint density at radius 2 is 1.75 bits per heavy atom. The first-order valence-electron chi connectivity index (χ1n) is 7.85. The van der Waals surface area contributed by atoms with E-state index in [4.69, 9.17) is 9.47 Å². The Balaban J connectivity index is 2.03. The molecule has 0 fully saturated rings. The number of hydrogen-bond donors (Lipinski definition) is 0. The van der Waals surface area contributed by atoms with Crippen molar-refractivity contribution in [2.24, 2.45) is 0 Å². The van der Waals surface area contributed by atoms with Crippen molar-refractivity contribution < 1.29 is 9.47 Å². The maximum absolute atomic E-state index is 9.77. The summed E-state index contributed by atoms with van der Waals surface area (Å²) in [5.74, 6) is 1.29. The van der Waals surface area contributed by atoms with E-state index < -0.39 is 0 Å². The first-order valence-corrected chi connectivity index (χ1v) is 7.85. The standard InChI is InChI=1S/C21H19NO2/c1-23-18-10-11-21(24-2)16(13-18)12-17(14-22)20-9-5-7-15-6-3-4-8-19(15)20/h3-11,13,17H,12H2,1-2H3. The molecular weight excluding hydrogens is 298 g/mol. The summed E-state index contributed by atoms with van der Waals surface area (Å²) in [6.07, 6.45) is 0.574. The van der Waals surface area contributed by atoms with Crippen LogP contribution in [0, 0.1) is 11.3 Å². The molecule has 0 radical (unpaired) electrons. The van der Waals surface area contributed by atoms with Gasteiger partial charge in [-0.3, -0.25) is 0 Å². The highest BCUT2D eigenvalue weighted by Gasteiger charge is 2.17. The molecule has 0 saturated carbocycles. The Morgan fingerprint density at radius 1 is 0.958 bits per heavy atom. The molecule has 0 aliphatic heterocycles. The minimum Gasteiger partial charge on any atom is -0.497 e. The second-order valence-electron chi connectivity index (χ2n) is 5.63. The van der Waals surface area contributed by atoms with Crippen LogP contribution in [0.15, 0.2) is 60.7 Å². The third kappa shape index (κ3) is 3.04. The first-order chi connectivity index (χ1) is 11.8. The Kier molecular flexibility index (Phi) is 4.67. The molecule has 0 aromatic heterocycles. The van der Waals surface area contributed by atoms with Gasteiger partial charge in [0.05, 0.1) is 26.2 Å². The molecule has 24 heavy (non-hydrogen) atoms. The van der Waals surface area contributed by atoms with Crippen LogP contribution in [0.2, 0.25) is 0 Å². The van der Waals surface area contributed by atoms with Crippen LogP contribution >= 0.6 is 0 Å². The summed E-state index contributed by atoms with van der Waals surface area (Å²) in [6.45, 7) is 0. The number of rotatable bonds is 5. The summed E-state index contributed by atoms with van der Waals surface area (Å²) < 4.78 is 10.8. The lowest BCUT2D eigenvalue weighted by Crippen LogP contribution is -2.03. The van der Waals surface area contributed by atoms with Crippen molar-refractivity contribution in [3.63, 3.8) is 0 Å².